The second-order valence-corrected chi connectivity index (χ2v) is 4.52. The van der Waals surface area contributed by atoms with Crippen molar-refractivity contribution in [3.63, 3.8) is 0 Å². The average Bonchev–Trinajstić information content (AvgIpc) is 2.81. The maximum atomic E-state index is 13.8. The third kappa shape index (κ3) is 3.12. The van der Waals surface area contributed by atoms with Gasteiger partial charge in [-0.1, -0.05) is 6.07 Å². The van der Waals surface area contributed by atoms with Gasteiger partial charge < -0.3 is 10.5 Å². The Hall–Kier alpha value is -1.88. The maximum Gasteiger partial charge on any atom is 0.131 e. The molecule has 2 aromatic rings. The quantitative estimate of drug-likeness (QED) is 0.899. The summed E-state index contributed by atoms with van der Waals surface area (Å²) < 4.78 is 20.7. The third-order valence-electron chi connectivity index (χ3n) is 3.11. The number of methoxy groups -OCH3 is 1. The van der Waals surface area contributed by atoms with Gasteiger partial charge in [-0.25, -0.2) is 4.39 Å². The maximum absolute atomic E-state index is 13.8. The number of ether oxygens (including phenoxy) is 1. The van der Waals surface area contributed by atoms with Gasteiger partial charge >= 0.3 is 0 Å². The molecule has 1 atom stereocenters. The van der Waals surface area contributed by atoms with Crippen molar-refractivity contribution >= 4 is 0 Å². The van der Waals surface area contributed by atoms with E-state index in [-0.39, 0.29) is 5.82 Å². The molecule has 0 aliphatic rings. The summed E-state index contributed by atoms with van der Waals surface area (Å²) in [7, 11) is 3.38. The molecular weight excluding hydrogens is 245 g/mol. The Bertz CT molecular complexity index is 553. The van der Waals surface area contributed by atoms with E-state index in [1.54, 1.807) is 23.0 Å². The molecule has 19 heavy (non-hydrogen) atoms. The number of aromatic nitrogens is 2. The van der Waals surface area contributed by atoms with Crippen LogP contribution in [0, 0.1) is 5.82 Å². The molecule has 0 saturated carbocycles. The highest BCUT2D eigenvalue weighted by atomic mass is 19.1. The van der Waals surface area contributed by atoms with E-state index >= 15 is 0 Å². The van der Waals surface area contributed by atoms with E-state index in [9.17, 15) is 4.39 Å². The summed E-state index contributed by atoms with van der Waals surface area (Å²) in [6, 6.07) is 4.35. The highest BCUT2D eigenvalue weighted by molar-refractivity contribution is 5.37. The van der Waals surface area contributed by atoms with Crippen LogP contribution in [-0.4, -0.2) is 16.9 Å². The van der Waals surface area contributed by atoms with E-state index in [2.05, 4.69) is 5.10 Å². The van der Waals surface area contributed by atoms with E-state index < -0.39 is 6.04 Å². The summed E-state index contributed by atoms with van der Waals surface area (Å²) in [6.45, 7) is 0. The highest BCUT2D eigenvalue weighted by Gasteiger charge is 2.16. The standard InChI is InChI=1S/C14H18FN3O/c1-18-9-10(8-17-18)6-7-12(16)14-11(15)4-3-5-13(14)19-2/h3-5,8-9,12H,6-7,16H2,1-2H3. The predicted octanol–water partition coefficient (Wildman–Crippen LogP) is 2.20. The number of rotatable bonds is 5. The van der Waals surface area contributed by atoms with Gasteiger partial charge in [0.1, 0.15) is 11.6 Å². The molecule has 1 aromatic heterocycles. The minimum Gasteiger partial charge on any atom is -0.496 e. The fourth-order valence-corrected chi connectivity index (χ4v) is 2.12. The van der Waals surface area contributed by atoms with Crippen LogP contribution in [0.5, 0.6) is 5.75 Å². The van der Waals surface area contributed by atoms with Crippen molar-refractivity contribution in [3.8, 4) is 5.75 Å². The second-order valence-electron chi connectivity index (χ2n) is 4.52. The minimum atomic E-state index is -0.392. The smallest absolute Gasteiger partial charge is 0.131 e. The van der Waals surface area contributed by atoms with Crippen LogP contribution < -0.4 is 10.5 Å². The molecule has 4 nitrogen and oxygen atoms in total. The average molecular weight is 263 g/mol. The number of hydrogen-bond acceptors (Lipinski definition) is 3. The fourth-order valence-electron chi connectivity index (χ4n) is 2.12. The van der Waals surface area contributed by atoms with Gasteiger partial charge in [-0.3, -0.25) is 4.68 Å². The number of nitrogens with two attached hydrogens (primary N) is 1. The van der Waals surface area contributed by atoms with Gasteiger partial charge in [-0.05, 0) is 30.5 Å². The van der Waals surface area contributed by atoms with Crippen molar-refractivity contribution in [2.75, 3.05) is 7.11 Å². The van der Waals surface area contributed by atoms with Crippen LogP contribution >= 0.6 is 0 Å². The number of aryl methyl sites for hydroxylation is 2. The van der Waals surface area contributed by atoms with Gasteiger partial charge in [-0.2, -0.15) is 5.10 Å². The molecule has 0 saturated heterocycles. The molecule has 0 bridgehead atoms. The number of benzene rings is 1. The first kappa shape index (κ1) is 13.5. The van der Waals surface area contributed by atoms with E-state index in [0.29, 0.717) is 17.7 Å². The molecule has 0 radical (unpaired) electrons. The molecule has 102 valence electrons. The van der Waals surface area contributed by atoms with Crippen LogP contribution in [0.2, 0.25) is 0 Å². The molecule has 0 spiro atoms. The molecule has 5 heteroatoms. The topological polar surface area (TPSA) is 53.1 Å². The molecule has 1 unspecified atom stereocenters. The molecule has 0 fully saturated rings. The van der Waals surface area contributed by atoms with Crippen LogP contribution in [0.15, 0.2) is 30.6 Å². The first-order chi connectivity index (χ1) is 9.11. The van der Waals surface area contributed by atoms with Gasteiger partial charge in [0, 0.05) is 24.8 Å². The predicted molar refractivity (Wildman–Crippen MR) is 71.4 cm³/mol. The SMILES string of the molecule is COc1cccc(F)c1C(N)CCc1cnn(C)c1. The van der Waals surface area contributed by atoms with Crippen molar-refractivity contribution in [2.45, 2.75) is 18.9 Å². The minimum absolute atomic E-state index is 0.321. The van der Waals surface area contributed by atoms with Crippen LogP contribution in [0.4, 0.5) is 4.39 Å². The molecule has 0 amide bonds. The van der Waals surface area contributed by atoms with Crippen molar-refractivity contribution in [1.29, 1.82) is 0 Å². The molecule has 0 aliphatic carbocycles. The normalized spacial score (nSPS) is 12.4. The van der Waals surface area contributed by atoms with Gasteiger partial charge in [-0.15, -0.1) is 0 Å². The summed E-state index contributed by atoms with van der Waals surface area (Å²) in [5, 5.41) is 4.10. The summed E-state index contributed by atoms with van der Waals surface area (Å²) in [5.41, 5.74) is 7.61. The van der Waals surface area contributed by atoms with Crippen molar-refractivity contribution < 1.29 is 9.13 Å². The highest BCUT2D eigenvalue weighted by Crippen LogP contribution is 2.28. The van der Waals surface area contributed by atoms with Crippen LogP contribution in [0.25, 0.3) is 0 Å². The number of halogens is 1. The fraction of sp³-hybridized carbons (Fsp3) is 0.357. The van der Waals surface area contributed by atoms with Gasteiger partial charge in [0.25, 0.3) is 0 Å². The second kappa shape index (κ2) is 5.84. The summed E-state index contributed by atoms with van der Waals surface area (Å²) in [6.07, 6.45) is 5.13. The lowest BCUT2D eigenvalue weighted by Gasteiger charge is -2.16. The summed E-state index contributed by atoms with van der Waals surface area (Å²) in [5.74, 6) is 0.178. The van der Waals surface area contributed by atoms with Gasteiger partial charge in [0.2, 0.25) is 0 Å². The van der Waals surface area contributed by atoms with Crippen molar-refractivity contribution in [1.82, 2.24) is 9.78 Å². The lowest BCUT2D eigenvalue weighted by atomic mass is 9.99. The van der Waals surface area contributed by atoms with Crippen LogP contribution in [-0.2, 0) is 13.5 Å². The monoisotopic (exact) mass is 263 g/mol. The van der Waals surface area contributed by atoms with E-state index in [4.69, 9.17) is 10.5 Å². The molecule has 1 aromatic carbocycles. The first-order valence-electron chi connectivity index (χ1n) is 6.17. The number of hydrogen-bond donors (Lipinski definition) is 1. The molecule has 2 rings (SSSR count). The largest absolute Gasteiger partial charge is 0.496 e. The zero-order chi connectivity index (χ0) is 13.8. The van der Waals surface area contributed by atoms with E-state index in [1.807, 2.05) is 13.2 Å². The Morgan fingerprint density at radius 2 is 2.26 bits per heavy atom. The van der Waals surface area contributed by atoms with Gasteiger partial charge in [0.15, 0.2) is 0 Å². The Balaban J connectivity index is 2.09. The van der Waals surface area contributed by atoms with E-state index in [1.165, 1.54) is 13.2 Å². The Labute approximate surface area is 112 Å². The molecule has 1 heterocycles. The lowest BCUT2D eigenvalue weighted by molar-refractivity contribution is 0.397. The third-order valence-corrected chi connectivity index (χ3v) is 3.11. The zero-order valence-electron chi connectivity index (χ0n) is 11.1. The zero-order valence-corrected chi connectivity index (χ0v) is 11.1. The Morgan fingerprint density at radius 1 is 1.47 bits per heavy atom. The Kier molecular flexibility index (Phi) is 4.16. The van der Waals surface area contributed by atoms with Crippen molar-refractivity contribution in [3.05, 3.63) is 47.5 Å². The Morgan fingerprint density at radius 3 is 2.89 bits per heavy atom. The van der Waals surface area contributed by atoms with Gasteiger partial charge in [0.05, 0.1) is 13.3 Å². The molecular formula is C14H18FN3O. The van der Waals surface area contributed by atoms with Crippen molar-refractivity contribution in [2.24, 2.45) is 12.8 Å². The first-order valence-corrected chi connectivity index (χ1v) is 6.17. The molecule has 0 aliphatic heterocycles. The van der Waals surface area contributed by atoms with Crippen LogP contribution in [0.1, 0.15) is 23.6 Å². The lowest BCUT2D eigenvalue weighted by Crippen LogP contribution is -2.14. The summed E-state index contributed by atoms with van der Waals surface area (Å²) >= 11 is 0. The van der Waals surface area contributed by atoms with E-state index in [0.717, 1.165) is 12.0 Å². The van der Waals surface area contributed by atoms with Crippen LogP contribution in [0.3, 0.4) is 0 Å². The molecule has 2 N–H and O–H groups in total. The number of nitrogens with zero attached hydrogens (tertiary/aromatic N) is 2. The summed E-state index contributed by atoms with van der Waals surface area (Å²) in [4.78, 5) is 0.